The van der Waals surface area contributed by atoms with E-state index in [-0.39, 0.29) is 0 Å². The van der Waals surface area contributed by atoms with Crippen LogP contribution in [0, 0.1) is 0 Å². The Morgan fingerprint density at radius 1 is 1.15 bits per heavy atom. The van der Waals surface area contributed by atoms with Gasteiger partial charge in [-0.3, -0.25) is 0 Å². The van der Waals surface area contributed by atoms with Crippen LogP contribution >= 0.6 is 0 Å². The first-order valence-corrected chi connectivity index (χ1v) is 3.54. The van der Waals surface area contributed by atoms with Crippen molar-refractivity contribution >= 4 is 11.9 Å². The van der Waals surface area contributed by atoms with E-state index in [9.17, 15) is 14.7 Å². The Morgan fingerprint density at radius 3 is 1.54 bits per heavy atom. The molecule has 0 amide bonds. The molecule has 0 aliphatic rings. The third kappa shape index (κ3) is 59.9. The number of carbonyl (C=O) groups is 2. The first-order valence-electron chi connectivity index (χ1n) is 3.54. The minimum absolute atomic E-state index is 0.447. The molecule has 0 unspecified atom stereocenters. The van der Waals surface area contributed by atoms with E-state index in [1.54, 1.807) is 0 Å². The lowest BCUT2D eigenvalue weighted by molar-refractivity contribution is -0.849. The predicted octanol–water partition coefficient (Wildman–Crippen LogP) is -1.30. The van der Waals surface area contributed by atoms with Crippen molar-refractivity contribution in [1.82, 2.24) is 0 Å². The summed E-state index contributed by atoms with van der Waals surface area (Å²) in [6, 6.07) is 0. The quantitative estimate of drug-likeness (QED) is 0.432. The summed E-state index contributed by atoms with van der Waals surface area (Å²) >= 11 is 0. The van der Waals surface area contributed by atoms with Gasteiger partial charge < -0.3 is 19.5 Å². The average molecular weight is 189 g/mol. The van der Waals surface area contributed by atoms with Gasteiger partial charge >= 0.3 is 5.97 Å². The lowest BCUT2D eigenvalue weighted by Gasteiger charge is -2.14. The lowest BCUT2D eigenvalue weighted by atomic mass is 10.5. The van der Waals surface area contributed by atoms with E-state index in [1.807, 2.05) is 0 Å². The van der Waals surface area contributed by atoms with Gasteiger partial charge in [0.15, 0.2) is 0 Å². The topological polar surface area (TPSA) is 77.4 Å². The summed E-state index contributed by atoms with van der Waals surface area (Å²) in [5.41, 5.74) is 0. The summed E-state index contributed by atoms with van der Waals surface area (Å²) in [5, 5.41) is 17.2. The third-order valence-electron chi connectivity index (χ3n) is 0.362. The Labute approximate surface area is 77.5 Å². The first-order chi connectivity index (χ1) is 5.63. The van der Waals surface area contributed by atoms with E-state index in [2.05, 4.69) is 28.2 Å². The molecule has 0 aromatic heterocycles. The number of carbonyl (C=O) groups excluding carboxylic acids is 1. The fraction of sp³-hybridized carbons (Fsp3) is 0.500. The van der Waals surface area contributed by atoms with Crippen LogP contribution in [0.25, 0.3) is 0 Å². The third-order valence-corrected chi connectivity index (χ3v) is 0.362. The Kier molecular flexibility index (Phi) is 6.75. The molecule has 0 atom stereocenters. The van der Waals surface area contributed by atoms with Crippen molar-refractivity contribution in [2.45, 2.75) is 0 Å². The van der Waals surface area contributed by atoms with Crippen molar-refractivity contribution in [3.63, 3.8) is 0 Å². The van der Waals surface area contributed by atoms with Crippen LogP contribution in [-0.2, 0) is 9.59 Å². The Hall–Kier alpha value is -1.36. The molecule has 0 radical (unpaired) electrons. The van der Waals surface area contributed by atoms with E-state index in [0.717, 1.165) is 4.48 Å². The van der Waals surface area contributed by atoms with Gasteiger partial charge in [0.25, 0.3) is 0 Å². The molecule has 0 aliphatic heterocycles. The predicted molar refractivity (Wildman–Crippen MR) is 45.7 cm³/mol. The highest BCUT2D eigenvalue weighted by Crippen LogP contribution is 1.73. The zero-order valence-electron chi connectivity index (χ0n) is 8.27. The zero-order valence-corrected chi connectivity index (χ0v) is 8.27. The van der Waals surface area contributed by atoms with E-state index in [1.165, 1.54) is 0 Å². The number of carboxylic acids is 2. The lowest BCUT2D eigenvalue weighted by Crippen LogP contribution is -2.27. The summed E-state index contributed by atoms with van der Waals surface area (Å²) in [7, 11) is 8.50. The fourth-order valence-electron chi connectivity index (χ4n) is 0.139. The number of carboxylic acid groups (broad SMARTS) is 2. The van der Waals surface area contributed by atoms with Gasteiger partial charge in [0.05, 0.1) is 34.2 Å². The van der Waals surface area contributed by atoms with Crippen molar-refractivity contribution in [2.24, 2.45) is 0 Å². The maximum absolute atomic E-state index is 9.53. The SMILES string of the molecule is C[N+](C)(C)C.O=C([O-])/C=C/C(=O)O. The van der Waals surface area contributed by atoms with Crippen LogP contribution in [0.1, 0.15) is 0 Å². The molecule has 5 heteroatoms. The van der Waals surface area contributed by atoms with Crippen LogP contribution in [-0.4, -0.2) is 49.7 Å². The van der Waals surface area contributed by atoms with Gasteiger partial charge in [-0.2, -0.15) is 0 Å². The van der Waals surface area contributed by atoms with Crippen LogP contribution in [0.15, 0.2) is 12.2 Å². The summed E-state index contributed by atoms with van der Waals surface area (Å²) in [6.45, 7) is 0. The molecule has 0 bridgehead atoms. The molecule has 0 spiro atoms. The smallest absolute Gasteiger partial charge is 0.328 e. The van der Waals surface area contributed by atoms with Crippen molar-refractivity contribution in [3.8, 4) is 0 Å². The molecule has 0 aliphatic carbocycles. The molecule has 0 aromatic carbocycles. The molecule has 5 nitrogen and oxygen atoms in total. The largest absolute Gasteiger partial charge is 0.545 e. The highest BCUT2D eigenvalue weighted by molar-refractivity contribution is 5.88. The standard InChI is InChI=1S/C4H12N.C4H4O4/c1-5(2,3)4;5-3(6)1-2-4(7)8/h1-4H3;1-2H,(H,5,6)(H,7,8)/q+1;/p-1/b;2-1+. The first kappa shape index (κ1) is 14.2. The molecular weight excluding hydrogens is 174 g/mol. The van der Waals surface area contributed by atoms with Crippen molar-refractivity contribution in [3.05, 3.63) is 12.2 Å². The summed E-state index contributed by atoms with van der Waals surface area (Å²) in [4.78, 5) is 19.0. The van der Waals surface area contributed by atoms with Crippen molar-refractivity contribution in [2.75, 3.05) is 28.2 Å². The summed E-state index contributed by atoms with van der Waals surface area (Å²) in [6.07, 6.45) is 0.942. The van der Waals surface area contributed by atoms with E-state index in [0.29, 0.717) is 12.2 Å². The molecule has 0 saturated carbocycles. The zero-order chi connectivity index (χ0) is 11.1. The molecular formula is C8H15NO4. The minimum atomic E-state index is -1.51. The molecule has 1 N–H and O–H groups in total. The normalized spacial score (nSPS) is 10.5. The highest BCUT2D eigenvalue weighted by Gasteiger charge is 1.88. The van der Waals surface area contributed by atoms with Crippen LogP contribution in [0.4, 0.5) is 0 Å². The molecule has 0 rings (SSSR count). The van der Waals surface area contributed by atoms with E-state index < -0.39 is 11.9 Å². The number of rotatable bonds is 2. The molecule has 0 heterocycles. The second kappa shape index (κ2) is 6.19. The minimum Gasteiger partial charge on any atom is -0.545 e. The van der Waals surface area contributed by atoms with E-state index >= 15 is 0 Å². The van der Waals surface area contributed by atoms with Gasteiger partial charge in [0.1, 0.15) is 0 Å². The maximum atomic E-state index is 9.53. The number of nitrogens with zero attached hydrogens (tertiary/aromatic N) is 1. The van der Waals surface area contributed by atoms with Gasteiger partial charge in [-0.25, -0.2) is 4.79 Å². The molecule has 76 valence electrons. The average Bonchev–Trinajstić information content (AvgIpc) is 1.79. The van der Waals surface area contributed by atoms with Crippen LogP contribution in [0.2, 0.25) is 0 Å². The van der Waals surface area contributed by atoms with E-state index in [4.69, 9.17) is 5.11 Å². The fourth-order valence-corrected chi connectivity index (χ4v) is 0.139. The number of quaternary nitrogens is 1. The Balaban J connectivity index is 0. The molecule has 13 heavy (non-hydrogen) atoms. The van der Waals surface area contributed by atoms with Gasteiger partial charge in [-0.1, -0.05) is 0 Å². The van der Waals surface area contributed by atoms with Crippen LogP contribution in [0.3, 0.4) is 0 Å². The molecule has 0 aromatic rings. The van der Waals surface area contributed by atoms with Gasteiger partial charge in [-0.05, 0) is 6.08 Å². The second-order valence-corrected chi connectivity index (χ2v) is 3.67. The number of aliphatic carboxylic acids is 2. The molecule has 0 saturated heterocycles. The van der Waals surface area contributed by atoms with Gasteiger partial charge in [-0.15, -0.1) is 0 Å². The maximum Gasteiger partial charge on any atom is 0.328 e. The van der Waals surface area contributed by atoms with Crippen molar-refractivity contribution < 1.29 is 24.3 Å². The monoisotopic (exact) mass is 189 g/mol. The Morgan fingerprint density at radius 2 is 1.46 bits per heavy atom. The highest BCUT2D eigenvalue weighted by atomic mass is 16.4. The van der Waals surface area contributed by atoms with Crippen LogP contribution in [0.5, 0.6) is 0 Å². The van der Waals surface area contributed by atoms with Gasteiger partial charge in [0, 0.05) is 6.08 Å². The molecule has 0 fully saturated rings. The second-order valence-electron chi connectivity index (χ2n) is 3.67. The Bertz CT molecular complexity index is 181. The number of hydrogen-bond acceptors (Lipinski definition) is 3. The van der Waals surface area contributed by atoms with Crippen LogP contribution < -0.4 is 5.11 Å². The van der Waals surface area contributed by atoms with Gasteiger partial charge in [0.2, 0.25) is 0 Å². The summed E-state index contributed by atoms with van der Waals surface area (Å²) < 4.78 is 1.00. The number of hydrogen-bond donors (Lipinski definition) is 1. The van der Waals surface area contributed by atoms with Crippen molar-refractivity contribution in [1.29, 1.82) is 0 Å². The summed E-state index contributed by atoms with van der Waals surface area (Å²) in [5.74, 6) is -2.80.